The van der Waals surface area contributed by atoms with Gasteiger partial charge in [0, 0.05) is 58.4 Å². The molecule has 0 radical (unpaired) electrons. The first-order valence-corrected chi connectivity index (χ1v) is 16.4. The SMILES string of the molecule is Oc1ccc(C(c2ccc(-c3ccccc3)cc2)c2ccc(O)cc2O)c(O)c1.Oc1ccc(C(c2ccccc2)c2ccc(O)cc2O)c(O)c1. The molecule has 0 fully saturated rings. The minimum absolute atomic E-state index is 0.0343. The van der Waals surface area contributed by atoms with Gasteiger partial charge in [-0.15, -0.1) is 0 Å². The van der Waals surface area contributed by atoms with Crippen LogP contribution in [0, 0.1) is 0 Å². The molecule has 0 spiro atoms. The fourth-order valence-corrected chi connectivity index (χ4v) is 6.30. The fraction of sp³-hybridized carbons (Fsp3) is 0.0455. The highest BCUT2D eigenvalue weighted by atomic mass is 16.3. The van der Waals surface area contributed by atoms with Gasteiger partial charge in [-0.1, -0.05) is 109 Å². The predicted octanol–water partition coefficient (Wildman–Crippen LogP) is 9.05. The third-order valence-electron chi connectivity index (χ3n) is 8.78. The molecular formula is C44H36O8. The standard InChI is InChI=1S/C25H20O4.C19H16O4/c26-19-10-12-21(23(28)14-19)25(22-13-11-20(27)15-24(22)29)18-8-6-17(7-9-18)16-4-2-1-3-5-16;20-13-6-8-15(17(22)10-13)19(12-4-2-1-3-5-12)16-9-7-14(21)11-18(16)23/h1-15,25-29H;1-11,19-23H. The summed E-state index contributed by atoms with van der Waals surface area (Å²) in [6.07, 6.45) is 0. The molecule has 7 aromatic rings. The molecule has 7 rings (SSSR count). The Labute approximate surface area is 300 Å². The molecule has 0 amide bonds. The molecule has 0 atom stereocenters. The smallest absolute Gasteiger partial charge is 0.123 e. The van der Waals surface area contributed by atoms with E-state index in [0.29, 0.717) is 22.3 Å². The summed E-state index contributed by atoms with van der Waals surface area (Å²) in [7, 11) is 0. The highest BCUT2D eigenvalue weighted by Crippen LogP contribution is 2.44. The number of hydrogen-bond donors (Lipinski definition) is 8. The predicted molar refractivity (Wildman–Crippen MR) is 199 cm³/mol. The molecule has 0 unspecified atom stereocenters. The Morgan fingerprint density at radius 1 is 0.269 bits per heavy atom. The quantitative estimate of drug-likeness (QED) is 0.0768. The highest BCUT2D eigenvalue weighted by Gasteiger charge is 2.25. The van der Waals surface area contributed by atoms with Gasteiger partial charge in [-0.05, 0) is 46.5 Å². The lowest BCUT2D eigenvalue weighted by atomic mass is 9.83. The Morgan fingerprint density at radius 3 is 0.885 bits per heavy atom. The number of aromatic hydroxyl groups is 8. The Bertz CT molecular complexity index is 2180. The van der Waals surface area contributed by atoms with E-state index < -0.39 is 11.8 Å². The normalized spacial score (nSPS) is 10.9. The molecule has 8 heteroatoms. The summed E-state index contributed by atoms with van der Waals surface area (Å²) < 4.78 is 0. The zero-order chi connectivity index (χ0) is 36.8. The first kappa shape index (κ1) is 34.8. The van der Waals surface area contributed by atoms with Crippen LogP contribution >= 0.6 is 0 Å². The molecule has 52 heavy (non-hydrogen) atoms. The first-order chi connectivity index (χ1) is 25.1. The molecule has 0 saturated carbocycles. The van der Waals surface area contributed by atoms with Crippen LogP contribution in [0.4, 0.5) is 0 Å². The van der Waals surface area contributed by atoms with Crippen molar-refractivity contribution >= 4 is 0 Å². The number of hydrogen-bond acceptors (Lipinski definition) is 8. The van der Waals surface area contributed by atoms with Crippen molar-refractivity contribution in [3.8, 4) is 57.1 Å². The fourth-order valence-electron chi connectivity index (χ4n) is 6.30. The van der Waals surface area contributed by atoms with Gasteiger partial charge in [0.05, 0.1) is 0 Å². The van der Waals surface area contributed by atoms with Gasteiger partial charge in [0.15, 0.2) is 0 Å². The van der Waals surface area contributed by atoms with Crippen molar-refractivity contribution in [2.24, 2.45) is 0 Å². The lowest BCUT2D eigenvalue weighted by Gasteiger charge is -2.21. The molecule has 0 heterocycles. The maximum Gasteiger partial charge on any atom is 0.123 e. The highest BCUT2D eigenvalue weighted by molar-refractivity contribution is 5.65. The van der Waals surface area contributed by atoms with Crippen molar-refractivity contribution in [1.82, 2.24) is 0 Å². The van der Waals surface area contributed by atoms with Crippen LogP contribution in [-0.4, -0.2) is 40.9 Å². The molecule has 8 nitrogen and oxygen atoms in total. The maximum atomic E-state index is 10.5. The summed E-state index contributed by atoms with van der Waals surface area (Å²) in [6, 6.07) is 44.9. The van der Waals surface area contributed by atoms with Gasteiger partial charge < -0.3 is 40.9 Å². The van der Waals surface area contributed by atoms with E-state index in [1.54, 1.807) is 24.3 Å². The second-order valence-corrected chi connectivity index (χ2v) is 12.2. The summed E-state index contributed by atoms with van der Waals surface area (Å²) in [6.45, 7) is 0. The molecule has 260 valence electrons. The monoisotopic (exact) mass is 692 g/mol. The van der Waals surface area contributed by atoms with Crippen LogP contribution < -0.4 is 0 Å². The van der Waals surface area contributed by atoms with Crippen LogP contribution in [0.25, 0.3) is 11.1 Å². The van der Waals surface area contributed by atoms with Gasteiger partial charge in [-0.25, -0.2) is 0 Å². The van der Waals surface area contributed by atoms with E-state index in [1.807, 2.05) is 84.9 Å². The second-order valence-electron chi connectivity index (χ2n) is 12.2. The van der Waals surface area contributed by atoms with Crippen LogP contribution in [-0.2, 0) is 0 Å². The largest absolute Gasteiger partial charge is 0.508 e. The Morgan fingerprint density at radius 2 is 0.558 bits per heavy atom. The lowest BCUT2D eigenvalue weighted by molar-refractivity contribution is 0.438. The van der Waals surface area contributed by atoms with E-state index in [0.717, 1.165) is 22.3 Å². The average Bonchev–Trinajstić information content (AvgIpc) is 3.13. The zero-order valence-corrected chi connectivity index (χ0v) is 27.7. The summed E-state index contributed by atoms with van der Waals surface area (Å²) in [5.41, 5.74) is 6.05. The molecule has 0 aromatic heterocycles. The lowest BCUT2D eigenvalue weighted by Crippen LogP contribution is -2.04. The third kappa shape index (κ3) is 7.72. The summed E-state index contributed by atoms with van der Waals surface area (Å²) in [5.74, 6) is -1.35. The van der Waals surface area contributed by atoms with E-state index in [4.69, 9.17) is 0 Å². The van der Waals surface area contributed by atoms with Crippen LogP contribution in [0.15, 0.2) is 158 Å². The van der Waals surface area contributed by atoms with Gasteiger partial charge in [0.1, 0.15) is 46.0 Å². The minimum atomic E-state index is -0.485. The van der Waals surface area contributed by atoms with E-state index in [2.05, 4.69) is 0 Å². The Kier molecular flexibility index (Phi) is 10.2. The third-order valence-corrected chi connectivity index (χ3v) is 8.78. The van der Waals surface area contributed by atoms with Crippen molar-refractivity contribution in [3.63, 3.8) is 0 Å². The average molecular weight is 693 g/mol. The van der Waals surface area contributed by atoms with Crippen LogP contribution in [0.5, 0.6) is 46.0 Å². The van der Waals surface area contributed by atoms with Crippen molar-refractivity contribution in [2.75, 3.05) is 0 Å². The summed E-state index contributed by atoms with van der Waals surface area (Å²) in [5, 5.41) is 79.8. The Hall–Kier alpha value is -7.06. The summed E-state index contributed by atoms with van der Waals surface area (Å²) >= 11 is 0. The van der Waals surface area contributed by atoms with Crippen LogP contribution in [0.3, 0.4) is 0 Å². The second kappa shape index (κ2) is 15.2. The van der Waals surface area contributed by atoms with Gasteiger partial charge in [-0.3, -0.25) is 0 Å². The number of phenols is 8. The van der Waals surface area contributed by atoms with Gasteiger partial charge in [0.25, 0.3) is 0 Å². The Balaban J connectivity index is 0.000000183. The summed E-state index contributed by atoms with van der Waals surface area (Å²) in [4.78, 5) is 0. The van der Waals surface area contributed by atoms with Gasteiger partial charge in [-0.2, -0.15) is 0 Å². The van der Waals surface area contributed by atoms with Gasteiger partial charge in [0.2, 0.25) is 0 Å². The van der Waals surface area contributed by atoms with Crippen LogP contribution in [0.1, 0.15) is 45.2 Å². The molecule has 0 bridgehead atoms. The van der Waals surface area contributed by atoms with Crippen molar-refractivity contribution < 1.29 is 40.9 Å². The molecule has 0 aliphatic carbocycles. The maximum absolute atomic E-state index is 10.5. The van der Waals surface area contributed by atoms with Crippen molar-refractivity contribution in [3.05, 3.63) is 191 Å². The van der Waals surface area contributed by atoms with Crippen LogP contribution in [0.2, 0.25) is 0 Å². The van der Waals surface area contributed by atoms with Gasteiger partial charge >= 0.3 is 0 Å². The topological polar surface area (TPSA) is 162 Å². The molecule has 7 aromatic carbocycles. The molecule has 0 aliphatic rings. The number of phenolic OH excluding ortho intramolecular Hbond substituents is 8. The minimum Gasteiger partial charge on any atom is -0.508 e. The van der Waals surface area contributed by atoms with Crippen molar-refractivity contribution in [2.45, 2.75) is 11.8 Å². The van der Waals surface area contributed by atoms with E-state index >= 15 is 0 Å². The van der Waals surface area contributed by atoms with E-state index in [1.165, 1.54) is 48.5 Å². The zero-order valence-electron chi connectivity index (χ0n) is 27.7. The molecular weight excluding hydrogens is 656 g/mol. The van der Waals surface area contributed by atoms with E-state index in [9.17, 15) is 40.9 Å². The van der Waals surface area contributed by atoms with E-state index in [-0.39, 0.29) is 46.0 Å². The number of benzene rings is 7. The first-order valence-electron chi connectivity index (χ1n) is 16.4. The molecule has 8 N–H and O–H groups in total. The van der Waals surface area contributed by atoms with Crippen molar-refractivity contribution in [1.29, 1.82) is 0 Å². The number of rotatable bonds is 7. The molecule has 0 saturated heterocycles. The molecule has 0 aliphatic heterocycles.